The highest BCUT2D eigenvalue weighted by Gasteiger charge is 2.43. The first kappa shape index (κ1) is 10.6. The van der Waals surface area contributed by atoms with E-state index in [1.165, 1.54) is 24.8 Å². The van der Waals surface area contributed by atoms with Gasteiger partial charge in [-0.2, -0.15) is 0 Å². The normalized spacial score (nSPS) is 29.9. The molecule has 15 heavy (non-hydrogen) atoms. The van der Waals surface area contributed by atoms with E-state index in [-0.39, 0.29) is 0 Å². The molecule has 0 aromatic carbocycles. The molecule has 0 radical (unpaired) electrons. The Balaban J connectivity index is 2.15. The highest BCUT2D eigenvalue weighted by molar-refractivity contribution is 5.27. The maximum Gasteiger partial charge on any atom is 0.0270 e. The van der Waals surface area contributed by atoms with Crippen LogP contribution in [0.25, 0.3) is 0 Å². The zero-order valence-corrected chi connectivity index (χ0v) is 9.66. The third-order valence-corrected chi connectivity index (χ3v) is 3.74. The number of nitrogens with zero attached hydrogens (tertiary/aromatic N) is 1. The van der Waals surface area contributed by atoms with Crippen molar-refractivity contribution in [1.29, 1.82) is 0 Å². The van der Waals surface area contributed by atoms with Crippen molar-refractivity contribution >= 4 is 0 Å². The lowest BCUT2D eigenvalue weighted by Crippen LogP contribution is -2.47. The summed E-state index contributed by atoms with van der Waals surface area (Å²) in [4.78, 5) is 4.10. The fraction of sp³-hybridized carbons (Fsp3) is 0.615. The van der Waals surface area contributed by atoms with Gasteiger partial charge in [0.2, 0.25) is 0 Å². The van der Waals surface area contributed by atoms with Gasteiger partial charge in [-0.3, -0.25) is 4.98 Å². The molecule has 0 atom stereocenters. The topological polar surface area (TPSA) is 24.9 Å². The molecule has 1 heterocycles. The first-order chi connectivity index (χ1) is 7.30. The fourth-order valence-electron chi connectivity index (χ4n) is 2.86. The van der Waals surface area contributed by atoms with Gasteiger partial charge in [0.25, 0.3) is 0 Å². The quantitative estimate of drug-likeness (QED) is 0.814. The van der Waals surface area contributed by atoms with Gasteiger partial charge in [0.15, 0.2) is 0 Å². The average Bonchev–Trinajstić information content (AvgIpc) is 2.24. The third kappa shape index (κ3) is 1.91. The lowest BCUT2D eigenvalue weighted by atomic mass is 9.58. The monoisotopic (exact) mass is 204 g/mol. The van der Waals surface area contributed by atoms with Gasteiger partial charge >= 0.3 is 0 Å². The predicted octanol–water partition coefficient (Wildman–Crippen LogP) is 2.36. The lowest BCUT2D eigenvalue weighted by Gasteiger charge is -2.48. The Kier molecular flexibility index (Phi) is 3.06. The number of nitrogens with one attached hydrogen (secondary N) is 1. The summed E-state index contributed by atoms with van der Waals surface area (Å²) in [5.74, 6) is 0.923. The summed E-state index contributed by atoms with van der Waals surface area (Å²) < 4.78 is 0. The molecule has 0 aliphatic heterocycles. The summed E-state index contributed by atoms with van der Waals surface area (Å²) in [6, 6.07) is 4.34. The summed E-state index contributed by atoms with van der Waals surface area (Å²) in [7, 11) is 2.04. The molecule has 0 unspecified atom stereocenters. The molecular formula is C13H20N2. The van der Waals surface area contributed by atoms with Crippen LogP contribution < -0.4 is 5.32 Å². The van der Waals surface area contributed by atoms with Crippen LogP contribution in [0.3, 0.4) is 0 Å². The molecular weight excluding hydrogens is 184 g/mol. The first-order valence-electron chi connectivity index (χ1n) is 5.86. The molecule has 0 saturated heterocycles. The van der Waals surface area contributed by atoms with Crippen LogP contribution in [-0.2, 0) is 5.41 Å². The number of likely N-dealkylation sites (N-methyl/N-ethyl adjacent to an activating group) is 1. The Labute approximate surface area is 92.1 Å². The zero-order chi connectivity index (χ0) is 10.7. The van der Waals surface area contributed by atoms with Crippen LogP contribution >= 0.6 is 0 Å². The number of hydrogen-bond donors (Lipinski definition) is 1. The van der Waals surface area contributed by atoms with E-state index in [1.54, 1.807) is 0 Å². The van der Waals surface area contributed by atoms with Crippen LogP contribution in [0.5, 0.6) is 0 Å². The maximum absolute atomic E-state index is 4.10. The van der Waals surface area contributed by atoms with Crippen molar-refractivity contribution in [3.8, 4) is 0 Å². The lowest BCUT2D eigenvalue weighted by molar-refractivity contribution is 0.136. The molecule has 1 aliphatic rings. The second-order valence-corrected chi connectivity index (χ2v) is 4.73. The Bertz CT molecular complexity index is 302. The second-order valence-electron chi connectivity index (χ2n) is 4.73. The Morgan fingerprint density at radius 1 is 1.40 bits per heavy atom. The summed E-state index contributed by atoms with van der Waals surface area (Å²) in [6.45, 7) is 3.38. The molecule has 1 fully saturated rings. The summed E-state index contributed by atoms with van der Waals surface area (Å²) >= 11 is 0. The van der Waals surface area contributed by atoms with Crippen molar-refractivity contribution in [3.63, 3.8) is 0 Å². The van der Waals surface area contributed by atoms with Gasteiger partial charge < -0.3 is 5.32 Å². The van der Waals surface area contributed by atoms with E-state index < -0.39 is 0 Å². The highest BCUT2D eigenvalue weighted by atomic mass is 14.8. The second kappa shape index (κ2) is 4.31. The van der Waals surface area contributed by atoms with Gasteiger partial charge in [0, 0.05) is 24.4 Å². The molecule has 82 valence electrons. The van der Waals surface area contributed by atoms with Crippen molar-refractivity contribution in [2.45, 2.75) is 31.6 Å². The Morgan fingerprint density at radius 2 is 2.07 bits per heavy atom. The van der Waals surface area contributed by atoms with Crippen LogP contribution in [0.4, 0.5) is 0 Å². The van der Waals surface area contributed by atoms with Crippen molar-refractivity contribution in [1.82, 2.24) is 10.3 Å². The molecule has 0 spiro atoms. The van der Waals surface area contributed by atoms with E-state index in [0.717, 1.165) is 12.5 Å². The van der Waals surface area contributed by atoms with Crippen molar-refractivity contribution in [2.75, 3.05) is 13.6 Å². The van der Waals surface area contributed by atoms with E-state index in [4.69, 9.17) is 0 Å². The molecule has 1 N–H and O–H groups in total. The van der Waals surface area contributed by atoms with E-state index in [2.05, 4.69) is 29.4 Å². The summed E-state index contributed by atoms with van der Waals surface area (Å²) in [6.07, 6.45) is 7.79. The molecule has 0 amide bonds. The zero-order valence-electron chi connectivity index (χ0n) is 9.66. The maximum atomic E-state index is 4.10. The summed E-state index contributed by atoms with van der Waals surface area (Å²) in [5.41, 5.74) is 1.84. The van der Waals surface area contributed by atoms with Crippen molar-refractivity contribution < 1.29 is 0 Å². The van der Waals surface area contributed by atoms with Crippen LogP contribution in [0, 0.1) is 5.92 Å². The van der Waals surface area contributed by atoms with Gasteiger partial charge in [-0.15, -0.1) is 0 Å². The predicted molar refractivity (Wildman–Crippen MR) is 62.9 cm³/mol. The largest absolute Gasteiger partial charge is 0.319 e. The number of pyridine rings is 1. The fourth-order valence-corrected chi connectivity index (χ4v) is 2.86. The molecule has 1 aromatic heterocycles. The van der Waals surface area contributed by atoms with Crippen LogP contribution in [0.15, 0.2) is 24.5 Å². The van der Waals surface area contributed by atoms with Crippen LogP contribution in [0.1, 0.15) is 31.7 Å². The molecule has 1 aliphatic carbocycles. The van der Waals surface area contributed by atoms with Crippen LogP contribution in [0.2, 0.25) is 0 Å². The molecule has 2 nitrogen and oxygen atoms in total. The molecule has 2 rings (SSSR count). The van der Waals surface area contributed by atoms with E-state index in [1.807, 2.05) is 19.4 Å². The molecule has 1 aromatic rings. The number of aromatic nitrogens is 1. The van der Waals surface area contributed by atoms with Gasteiger partial charge in [-0.05, 0) is 43.5 Å². The minimum atomic E-state index is 0.387. The van der Waals surface area contributed by atoms with Gasteiger partial charge in [-0.1, -0.05) is 13.3 Å². The Hall–Kier alpha value is -0.890. The SMILES string of the molecule is CCC1CC(CNC)(c2ccncc2)C1. The number of hydrogen-bond acceptors (Lipinski definition) is 2. The van der Waals surface area contributed by atoms with Gasteiger partial charge in [0.05, 0.1) is 0 Å². The van der Waals surface area contributed by atoms with Crippen LogP contribution in [-0.4, -0.2) is 18.6 Å². The average molecular weight is 204 g/mol. The molecule has 1 saturated carbocycles. The minimum Gasteiger partial charge on any atom is -0.319 e. The number of rotatable bonds is 4. The minimum absolute atomic E-state index is 0.387. The molecule has 2 heteroatoms. The highest BCUT2D eigenvalue weighted by Crippen LogP contribution is 2.48. The third-order valence-electron chi connectivity index (χ3n) is 3.74. The van der Waals surface area contributed by atoms with E-state index in [0.29, 0.717) is 5.41 Å². The Morgan fingerprint density at radius 3 is 2.60 bits per heavy atom. The standard InChI is InChI=1S/C13H20N2/c1-3-11-8-13(9-11,10-14-2)12-4-6-15-7-5-12/h4-7,11,14H,3,8-10H2,1-2H3. The smallest absolute Gasteiger partial charge is 0.0270 e. The van der Waals surface area contributed by atoms with Crippen molar-refractivity contribution in [3.05, 3.63) is 30.1 Å². The van der Waals surface area contributed by atoms with E-state index >= 15 is 0 Å². The first-order valence-corrected chi connectivity index (χ1v) is 5.86. The molecule has 0 bridgehead atoms. The summed E-state index contributed by atoms with van der Waals surface area (Å²) in [5, 5.41) is 3.33. The van der Waals surface area contributed by atoms with Gasteiger partial charge in [-0.25, -0.2) is 0 Å². The van der Waals surface area contributed by atoms with Crippen molar-refractivity contribution in [2.24, 2.45) is 5.92 Å². The van der Waals surface area contributed by atoms with E-state index in [9.17, 15) is 0 Å². The van der Waals surface area contributed by atoms with Gasteiger partial charge in [0.1, 0.15) is 0 Å².